The Hall–Kier alpha value is -1.03. The third-order valence-corrected chi connectivity index (χ3v) is 4.57. The Kier molecular flexibility index (Phi) is 6.55. The molecule has 0 fully saturated rings. The van der Waals surface area contributed by atoms with Crippen molar-refractivity contribution in [1.82, 2.24) is 5.32 Å². The van der Waals surface area contributed by atoms with Crippen LogP contribution < -0.4 is 5.32 Å². The van der Waals surface area contributed by atoms with Crippen LogP contribution in [-0.4, -0.2) is 12.3 Å². The monoisotopic (exact) mass is 323 g/mol. The van der Waals surface area contributed by atoms with E-state index in [2.05, 4.69) is 12.2 Å². The largest absolute Gasteiger partial charge is 0.309 e. The standard InChI is InChI=1S/C17H19ClFNS/c1-2-10-20-17(15-8-3-4-9-16(15)18)12-21-14-7-5-6-13(19)11-14/h3-9,11,17,20H,2,10,12H2,1H3. The van der Waals surface area contributed by atoms with Crippen molar-refractivity contribution in [2.75, 3.05) is 12.3 Å². The van der Waals surface area contributed by atoms with Gasteiger partial charge in [-0.2, -0.15) is 0 Å². The molecule has 0 aromatic heterocycles. The molecule has 2 aromatic carbocycles. The van der Waals surface area contributed by atoms with Gasteiger partial charge in [-0.1, -0.05) is 42.8 Å². The fraction of sp³-hybridized carbons (Fsp3) is 0.294. The fourth-order valence-corrected chi connectivity index (χ4v) is 3.37. The van der Waals surface area contributed by atoms with E-state index in [1.165, 1.54) is 6.07 Å². The van der Waals surface area contributed by atoms with E-state index in [0.29, 0.717) is 0 Å². The van der Waals surface area contributed by atoms with Crippen LogP contribution in [0.4, 0.5) is 4.39 Å². The second-order valence-electron chi connectivity index (χ2n) is 4.80. The first-order valence-electron chi connectivity index (χ1n) is 7.07. The molecule has 0 saturated heterocycles. The predicted molar refractivity (Wildman–Crippen MR) is 89.6 cm³/mol. The Morgan fingerprint density at radius 2 is 2.00 bits per heavy atom. The van der Waals surface area contributed by atoms with Crippen molar-refractivity contribution in [3.05, 3.63) is 64.9 Å². The molecule has 2 aromatic rings. The number of benzene rings is 2. The zero-order valence-corrected chi connectivity index (χ0v) is 13.6. The smallest absolute Gasteiger partial charge is 0.124 e. The van der Waals surface area contributed by atoms with E-state index >= 15 is 0 Å². The first kappa shape index (κ1) is 16.3. The van der Waals surface area contributed by atoms with E-state index in [9.17, 15) is 4.39 Å². The van der Waals surface area contributed by atoms with Crippen molar-refractivity contribution in [3.63, 3.8) is 0 Å². The van der Waals surface area contributed by atoms with Gasteiger partial charge in [0.2, 0.25) is 0 Å². The second-order valence-corrected chi connectivity index (χ2v) is 6.30. The van der Waals surface area contributed by atoms with Crippen molar-refractivity contribution in [1.29, 1.82) is 0 Å². The number of hydrogen-bond donors (Lipinski definition) is 1. The topological polar surface area (TPSA) is 12.0 Å². The number of halogens is 2. The summed E-state index contributed by atoms with van der Waals surface area (Å²) in [5.74, 6) is 0.614. The molecule has 0 aliphatic carbocycles. The van der Waals surface area contributed by atoms with Crippen LogP contribution >= 0.6 is 23.4 Å². The molecule has 2 rings (SSSR count). The summed E-state index contributed by atoms with van der Waals surface area (Å²) in [7, 11) is 0. The highest BCUT2D eigenvalue weighted by molar-refractivity contribution is 7.99. The normalized spacial score (nSPS) is 12.3. The number of hydrogen-bond acceptors (Lipinski definition) is 2. The van der Waals surface area contributed by atoms with Gasteiger partial charge in [0, 0.05) is 21.7 Å². The van der Waals surface area contributed by atoms with Crippen molar-refractivity contribution in [3.8, 4) is 0 Å². The van der Waals surface area contributed by atoms with Gasteiger partial charge < -0.3 is 5.32 Å². The predicted octanol–water partition coefficient (Wildman–Crippen LogP) is 5.31. The van der Waals surface area contributed by atoms with Gasteiger partial charge in [0.25, 0.3) is 0 Å². The van der Waals surface area contributed by atoms with Crippen LogP contribution in [0.15, 0.2) is 53.4 Å². The molecule has 0 heterocycles. The highest BCUT2D eigenvalue weighted by Crippen LogP contribution is 2.29. The minimum absolute atomic E-state index is 0.159. The van der Waals surface area contributed by atoms with Crippen LogP contribution in [0.2, 0.25) is 5.02 Å². The Morgan fingerprint density at radius 3 is 2.71 bits per heavy atom. The molecule has 0 saturated carbocycles. The summed E-state index contributed by atoms with van der Waals surface area (Å²) in [5.41, 5.74) is 1.09. The lowest BCUT2D eigenvalue weighted by Gasteiger charge is -2.20. The van der Waals surface area contributed by atoms with Crippen LogP contribution in [0.5, 0.6) is 0 Å². The third-order valence-electron chi connectivity index (χ3n) is 3.13. The highest BCUT2D eigenvalue weighted by atomic mass is 35.5. The molecule has 112 valence electrons. The van der Waals surface area contributed by atoms with E-state index < -0.39 is 0 Å². The fourth-order valence-electron chi connectivity index (χ4n) is 2.07. The lowest BCUT2D eigenvalue weighted by molar-refractivity contribution is 0.577. The molecule has 1 unspecified atom stereocenters. The minimum Gasteiger partial charge on any atom is -0.309 e. The van der Waals surface area contributed by atoms with Crippen molar-refractivity contribution < 1.29 is 4.39 Å². The van der Waals surface area contributed by atoms with Crippen LogP contribution in [0.3, 0.4) is 0 Å². The summed E-state index contributed by atoms with van der Waals surface area (Å²) in [6, 6.07) is 14.7. The molecule has 0 aliphatic rings. The average Bonchev–Trinajstić information content (AvgIpc) is 2.48. The van der Waals surface area contributed by atoms with Gasteiger partial charge in [-0.25, -0.2) is 4.39 Å². The van der Waals surface area contributed by atoms with Gasteiger partial charge in [0.15, 0.2) is 0 Å². The highest BCUT2D eigenvalue weighted by Gasteiger charge is 2.14. The molecule has 1 N–H and O–H groups in total. The first-order valence-corrected chi connectivity index (χ1v) is 8.43. The number of rotatable bonds is 7. The van der Waals surface area contributed by atoms with Crippen molar-refractivity contribution >= 4 is 23.4 Å². The summed E-state index contributed by atoms with van der Waals surface area (Å²) < 4.78 is 13.2. The molecule has 4 heteroatoms. The Morgan fingerprint density at radius 1 is 1.19 bits per heavy atom. The molecule has 0 amide bonds. The van der Waals surface area contributed by atoms with Crippen molar-refractivity contribution in [2.24, 2.45) is 0 Å². The molecule has 21 heavy (non-hydrogen) atoms. The van der Waals surface area contributed by atoms with Crippen molar-refractivity contribution in [2.45, 2.75) is 24.3 Å². The first-order chi connectivity index (χ1) is 10.2. The molecular weight excluding hydrogens is 305 g/mol. The second kappa shape index (κ2) is 8.42. The summed E-state index contributed by atoms with van der Waals surface area (Å²) in [6.45, 7) is 3.07. The lowest BCUT2D eigenvalue weighted by Crippen LogP contribution is -2.24. The average molecular weight is 324 g/mol. The molecule has 0 radical (unpaired) electrons. The van der Waals surface area contributed by atoms with Gasteiger partial charge in [0.1, 0.15) is 5.82 Å². The van der Waals surface area contributed by atoms with E-state index in [1.54, 1.807) is 23.9 Å². The Balaban J connectivity index is 2.08. The van der Waals surface area contributed by atoms with E-state index in [1.807, 2.05) is 30.3 Å². The molecule has 0 spiro atoms. The van der Waals surface area contributed by atoms with Gasteiger partial charge in [-0.05, 0) is 42.8 Å². The Bertz CT molecular complexity index is 576. The maximum atomic E-state index is 13.2. The van der Waals surface area contributed by atoms with Crippen LogP contribution in [-0.2, 0) is 0 Å². The maximum absolute atomic E-state index is 13.2. The number of nitrogens with one attached hydrogen (secondary N) is 1. The van der Waals surface area contributed by atoms with Crippen LogP contribution in [0.1, 0.15) is 24.9 Å². The van der Waals surface area contributed by atoms with Gasteiger partial charge in [-0.15, -0.1) is 11.8 Å². The quantitative estimate of drug-likeness (QED) is 0.693. The van der Waals surface area contributed by atoms with E-state index in [0.717, 1.165) is 34.2 Å². The zero-order valence-electron chi connectivity index (χ0n) is 12.0. The Labute approximate surface area is 134 Å². The van der Waals surface area contributed by atoms with Crippen LogP contribution in [0, 0.1) is 5.82 Å². The lowest BCUT2D eigenvalue weighted by atomic mass is 10.1. The van der Waals surface area contributed by atoms with Gasteiger partial charge in [0.05, 0.1) is 0 Å². The maximum Gasteiger partial charge on any atom is 0.124 e. The summed E-state index contributed by atoms with van der Waals surface area (Å²) >= 11 is 7.93. The minimum atomic E-state index is -0.198. The molecular formula is C17H19ClFNS. The zero-order chi connectivity index (χ0) is 15.1. The number of thioether (sulfide) groups is 1. The molecule has 0 bridgehead atoms. The summed E-state index contributed by atoms with van der Waals surface area (Å²) in [5, 5.41) is 4.28. The van der Waals surface area contributed by atoms with E-state index in [4.69, 9.17) is 11.6 Å². The molecule has 0 aliphatic heterocycles. The van der Waals surface area contributed by atoms with Gasteiger partial charge in [-0.3, -0.25) is 0 Å². The summed E-state index contributed by atoms with van der Waals surface area (Å²) in [6.07, 6.45) is 1.06. The van der Waals surface area contributed by atoms with Gasteiger partial charge >= 0.3 is 0 Å². The molecule has 1 nitrogen and oxygen atoms in total. The van der Waals surface area contributed by atoms with E-state index in [-0.39, 0.29) is 11.9 Å². The third kappa shape index (κ3) is 5.03. The van der Waals surface area contributed by atoms with Crippen LogP contribution in [0.25, 0.3) is 0 Å². The SMILES string of the molecule is CCCNC(CSc1cccc(F)c1)c1ccccc1Cl. The summed E-state index contributed by atoms with van der Waals surface area (Å²) in [4.78, 5) is 0.936. The molecule has 1 atom stereocenters.